The Labute approximate surface area is 97.2 Å². The van der Waals surface area contributed by atoms with Crippen LogP contribution in [0.4, 0.5) is 0 Å². The predicted octanol–water partition coefficient (Wildman–Crippen LogP) is 1.22. The number of hydrogen-bond donors (Lipinski definition) is 0. The van der Waals surface area contributed by atoms with Crippen molar-refractivity contribution in [1.29, 1.82) is 0 Å². The van der Waals surface area contributed by atoms with Gasteiger partial charge in [-0.3, -0.25) is 4.79 Å². The minimum Gasteiger partial charge on any atom is -0.385 e. The van der Waals surface area contributed by atoms with Crippen molar-refractivity contribution in [3.8, 4) is 0 Å². The van der Waals surface area contributed by atoms with Crippen LogP contribution in [0.1, 0.15) is 19.8 Å². The summed E-state index contributed by atoms with van der Waals surface area (Å²) in [6.07, 6.45) is 5.27. The van der Waals surface area contributed by atoms with Gasteiger partial charge >= 0.3 is 0 Å². The normalized spacial score (nSPS) is 21.6. The molecule has 1 saturated heterocycles. The average molecular weight is 227 g/mol. The smallest absolute Gasteiger partial charge is 0.226 e. The second-order valence-electron chi connectivity index (χ2n) is 3.89. The second kappa shape index (κ2) is 7.41. The van der Waals surface area contributed by atoms with E-state index in [2.05, 4.69) is 0 Å². The summed E-state index contributed by atoms with van der Waals surface area (Å²) in [7, 11) is 1.68. The van der Waals surface area contributed by atoms with Gasteiger partial charge in [0, 0.05) is 33.2 Å². The maximum Gasteiger partial charge on any atom is 0.226 e. The highest BCUT2D eigenvalue weighted by molar-refractivity contribution is 5.77. The van der Waals surface area contributed by atoms with Crippen LogP contribution in [0.5, 0.6) is 0 Å². The van der Waals surface area contributed by atoms with Crippen molar-refractivity contribution in [2.45, 2.75) is 25.9 Å². The maximum atomic E-state index is 11.8. The summed E-state index contributed by atoms with van der Waals surface area (Å²) in [5.74, 6) is 0.184. The van der Waals surface area contributed by atoms with Gasteiger partial charge in [0.15, 0.2) is 0 Å². The molecule has 1 amide bonds. The topological polar surface area (TPSA) is 38.8 Å². The van der Waals surface area contributed by atoms with Crippen molar-refractivity contribution < 1.29 is 14.3 Å². The predicted molar refractivity (Wildman–Crippen MR) is 62.2 cm³/mol. The zero-order valence-electron chi connectivity index (χ0n) is 10.1. The fourth-order valence-corrected chi connectivity index (χ4v) is 1.72. The van der Waals surface area contributed by atoms with E-state index >= 15 is 0 Å². The lowest BCUT2D eigenvalue weighted by molar-refractivity contribution is -0.138. The highest BCUT2D eigenvalue weighted by Gasteiger charge is 2.22. The monoisotopic (exact) mass is 227 g/mol. The van der Waals surface area contributed by atoms with Crippen LogP contribution >= 0.6 is 0 Å². The average Bonchev–Trinajstić information content (AvgIpc) is 2.33. The van der Waals surface area contributed by atoms with E-state index in [0.29, 0.717) is 32.7 Å². The second-order valence-corrected chi connectivity index (χ2v) is 3.89. The molecular formula is C12H21NO3. The molecule has 0 N–H and O–H groups in total. The number of hydrogen-bond acceptors (Lipinski definition) is 3. The molecule has 1 heterocycles. The van der Waals surface area contributed by atoms with Gasteiger partial charge < -0.3 is 14.4 Å². The van der Waals surface area contributed by atoms with Crippen molar-refractivity contribution in [2.75, 3.05) is 33.4 Å². The Morgan fingerprint density at radius 3 is 3.12 bits per heavy atom. The quantitative estimate of drug-likeness (QED) is 0.663. The molecule has 1 aliphatic heterocycles. The van der Waals surface area contributed by atoms with Gasteiger partial charge in [-0.15, -0.1) is 0 Å². The van der Waals surface area contributed by atoms with Crippen LogP contribution in [0.2, 0.25) is 0 Å². The van der Waals surface area contributed by atoms with Crippen LogP contribution in [0, 0.1) is 0 Å². The summed E-state index contributed by atoms with van der Waals surface area (Å²) in [6.45, 7) is 4.64. The van der Waals surface area contributed by atoms with Crippen molar-refractivity contribution in [3.05, 3.63) is 12.2 Å². The number of carbonyl (C=O) groups is 1. The zero-order chi connectivity index (χ0) is 11.8. The Balaban J connectivity index is 2.34. The van der Waals surface area contributed by atoms with Gasteiger partial charge in [0.2, 0.25) is 5.91 Å². The summed E-state index contributed by atoms with van der Waals surface area (Å²) in [5, 5.41) is 0. The molecule has 0 radical (unpaired) electrons. The molecule has 1 aliphatic rings. The molecule has 0 bridgehead atoms. The van der Waals surface area contributed by atoms with Crippen molar-refractivity contribution >= 4 is 5.91 Å². The van der Waals surface area contributed by atoms with Crippen molar-refractivity contribution in [1.82, 2.24) is 4.90 Å². The molecule has 0 saturated carbocycles. The Hall–Kier alpha value is -0.870. The highest BCUT2D eigenvalue weighted by Crippen LogP contribution is 2.10. The number of rotatable bonds is 5. The van der Waals surface area contributed by atoms with E-state index in [1.54, 1.807) is 7.11 Å². The van der Waals surface area contributed by atoms with Gasteiger partial charge in [-0.2, -0.15) is 0 Å². The number of ether oxygens (including phenoxy) is 2. The van der Waals surface area contributed by atoms with Crippen molar-refractivity contribution in [3.63, 3.8) is 0 Å². The molecule has 1 rings (SSSR count). The van der Waals surface area contributed by atoms with Crippen LogP contribution < -0.4 is 0 Å². The molecule has 0 aromatic heterocycles. The summed E-state index contributed by atoms with van der Waals surface area (Å²) < 4.78 is 10.6. The van der Waals surface area contributed by atoms with Crippen molar-refractivity contribution in [2.24, 2.45) is 0 Å². The van der Waals surface area contributed by atoms with E-state index in [1.165, 1.54) is 0 Å². The number of methoxy groups -OCH3 is 1. The van der Waals surface area contributed by atoms with Gasteiger partial charge in [0.1, 0.15) is 0 Å². The number of amides is 1. The molecule has 4 heteroatoms. The largest absolute Gasteiger partial charge is 0.385 e. The molecule has 92 valence electrons. The highest BCUT2D eigenvalue weighted by atomic mass is 16.5. The van der Waals surface area contributed by atoms with Crippen LogP contribution in [0.15, 0.2) is 12.2 Å². The number of nitrogens with zero attached hydrogens (tertiary/aromatic N) is 1. The lowest BCUT2D eigenvalue weighted by Gasteiger charge is -2.32. The van der Waals surface area contributed by atoms with Crippen LogP contribution in [0.3, 0.4) is 0 Å². The third-order valence-electron chi connectivity index (χ3n) is 2.66. The fraction of sp³-hybridized carbons (Fsp3) is 0.750. The first-order valence-corrected chi connectivity index (χ1v) is 5.77. The Kier molecular flexibility index (Phi) is 6.11. The SMILES string of the molecule is C/C=C/CC(=O)N1CCO[C@@H](CCOC)C1. The lowest BCUT2D eigenvalue weighted by Crippen LogP contribution is -2.45. The van der Waals surface area contributed by atoms with Gasteiger partial charge in [0.25, 0.3) is 0 Å². The van der Waals surface area contributed by atoms with E-state index in [-0.39, 0.29) is 12.0 Å². The molecule has 0 spiro atoms. The first-order valence-electron chi connectivity index (χ1n) is 5.77. The molecule has 0 aromatic carbocycles. The zero-order valence-corrected chi connectivity index (χ0v) is 10.1. The maximum absolute atomic E-state index is 11.8. The Morgan fingerprint density at radius 2 is 2.44 bits per heavy atom. The van der Waals surface area contributed by atoms with Crippen LogP contribution in [0.25, 0.3) is 0 Å². The Bertz CT molecular complexity index is 240. The minimum absolute atomic E-state index is 0.128. The van der Waals surface area contributed by atoms with E-state index in [1.807, 2.05) is 24.0 Å². The molecule has 0 aromatic rings. The summed E-state index contributed by atoms with van der Waals surface area (Å²) in [6, 6.07) is 0. The summed E-state index contributed by atoms with van der Waals surface area (Å²) in [5.41, 5.74) is 0. The van der Waals surface area contributed by atoms with E-state index in [9.17, 15) is 4.79 Å². The first kappa shape index (κ1) is 13.2. The van der Waals surface area contributed by atoms with E-state index < -0.39 is 0 Å². The molecular weight excluding hydrogens is 206 g/mol. The van der Waals surface area contributed by atoms with Crippen LogP contribution in [-0.4, -0.2) is 50.3 Å². The minimum atomic E-state index is 0.128. The first-order chi connectivity index (χ1) is 7.77. The molecule has 4 nitrogen and oxygen atoms in total. The number of carbonyl (C=O) groups excluding carboxylic acids is 1. The fourth-order valence-electron chi connectivity index (χ4n) is 1.72. The van der Waals surface area contributed by atoms with Gasteiger partial charge in [0.05, 0.1) is 12.7 Å². The standard InChI is InChI=1S/C12H21NO3/c1-3-4-5-12(14)13-7-9-16-11(10-13)6-8-15-2/h3-4,11H,5-10H2,1-2H3/b4-3+/t11-/m0/s1. The molecule has 16 heavy (non-hydrogen) atoms. The molecule has 0 aliphatic carbocycles. The molecule has 1 atom stereocenters. The van der Waals surface area contributed by atoms with E-state index in [4.69, 9.17) is 9.47 Å². The molecule has 1 fully saturated rings. The number of allylic oxidation sites excluding steroid dienone is 1. The summed E-state index contributed by atoms with van der Waals surface area (Å²) in [4.78, 5) is 13.6. The Morgan fingerprint density at radius 1 is 1.62 bits per heavy atom. The third kappa shape index (κ3) is 4.33. The molecule has 0 unspecified atom stereocenters. The van der Waals surface area contributed by atoms with Gasteiger partial charge in [-0.05, 0) is 13.3 Å². The lowest BCUT2D eigenvalue weighted by atomic mass is 10.2. The third-order valence-corrected chi connectivity index (χ3v) is 2.66. The van der Waals surface area contributed by atoms with Crippen LogP contribution in [-0.2, 0) is 14.3 Å². The van der Waals surface area contributed by atoms with Gasteiger partial charge in [-0.25, -0.2) is 0 Å². The van der Waals surface area contributed by atoms with Gasteiger partial charge in [-0.1, -0.05) is 12.2 Å². The summed E-state index contributed by atoms with van der Waals surface area (Å²) >= 11 is 0. The van der Waals surface area contributed by atoms with E-state index in [0.717, 1.165) is 6.42 Å². The number of morpholine rings is 1.